The molecule has 0 spiro atoms. The first-order valence-corrected chi connectivity index (χ1v) is 13.6. The lowest BCUT2D eigenvalue weighted by atomic mass is 9.89. The van der Waals surface area contributed by atoms with Crippen LogP contribution in [0, 0.1) is 23.2 Å². The number of nitriles is 1. The lowest BCUT2D eigenvalue weighted by Crippen LogP contribution is -2.49. The maximum atomic E-state index is 13.7. The van der Waals surface area contributed by atoms with Crippen molar-refractivity contribution < 1.29 is 19.1 Å². The molecule has 1 aromatic heterocycles. The second kappa shape index (κ2) is 10.7. The summed E-state index contributed by atoms with van der Waals surface area (Å²) in [6, 6.07) is 13.2. The van der Waals surface area contributed by atoms with E-state index in [4.69, 9.17) is 10.00 Å². The SMILES string of the molecule is CC(C)(C)OC(=O)N1Cc2ccccc2C1C1CCC(CC(=O)N2CCN(c3ccc(C#N)cn3)CC2)C1=O. The highest BCUT2D eigenvalue weighted by Gasteiger charge is 2.47. The van der Waals surface area contributed by atoms with Crippen molar-refractivity contribution in [2.45, 2.75) is 58.2 Å². The molecule has 3 unspecified atom stereocenters. The highest BCUT2D eigenvalue weighted by atomic mass is 16.6. The maximum Gasteiger partial charge on any atom is 0.411 e. The van der Waals surface area contributed by atoms with Crippen LogP contribution in [0.4, 0.5) is 10.6 Å². The van der Waals surface area contributed by atoms with Crippen LogP contribution in [0.15, 0.2) is 42.6 Å². The monoisotopic (exact) mass is 529 g/mol. The van der Waals surface area contributed by atoms with Crippen LogP contribution in [-0.2, 0) is 20.9 Å². The molecule has 39 heavy (non-hydrogen) atoms. The Balaban J connectivity index is 1.22. The number of Topliss-reactive ketones (excluding diaryl/α,β-unsaturated/α-hetero) is 1. The lowest BCUT2D eigenvalue weighted by molar-refractivity contribution is -0.136. The van der Waals surface area contributed by atoms with Gasteiger partial charge in [-0.1, -0.05) is 24.3 Å². The normalized spacial score (nSPS) is 23.0. The number of piperazine rings is 1. The molecular weight excluding hydrogens is 494 g/mol. The molecule has 0 N–H and O–H groups in total. The number of amides is 2. The van der Waals surface area contributed by atoms with Gasteiger partial charge in [-0.2, -0.15) is 5.26 Å². The smallest absolute Gasteiger partial charge is 0.411 e. The van der Waals surface area contributed by atoms with Crippen molar-refractivity contribution in [2.24, 2.45) is 11.8 Å². The van der Waals surface area contributed by atoms with Gasteiger partial charge in [-0.25, -0.2) is 9.78 Å². The standard InChI is InChI=1S/C30H35N5O4/c1-30(2,3)39-29(38)35-19-22-6-4-5-7-23(22)27(35)24-10-9-21(28(24)37)16-26(36)34-14-12-33(13-15-34)25-11-8-20(17-31)18-32-25/h4-8,11,18,21,24,27H,9-10,12-16,19H2,1-3H3. The molecule has 9 nitrogen and oxygen atoms in total. The first-order chi connectivity index (χ1) is 18.6. The summed E-state index contributed by atoms with van der Waals surface area (Å²) in [5, 5.41) is 8.97. The van der Waals surface area contributed by atoms with Crippen LogP contribution in [-0.4, -0.2) is 64.3 Å². The molecule has 2 aromatic rings. The minimum Gasteiger partial charge on any atom is -0.444 e. The molecule has 0 radical (unpaired) electrons. The highest BCUT2D eigenvalue weighted by molar-refractivity contribution is 5.91. The first kappa shape index (κ1) is 26.7. The summed E-state index contributed by atoms with van der Waals surface area (Å²) in [4.78, 5) is 50.0. The number of aromatic nitrogens is 1. The number of hydrogen-bond acceptors (Lipinski definition) is 7. The molecule has 0 bridgehead atoms. The summed E-state index contributed by atoms with van der Waals surface area (Å²) in [6.45, 7) is 8.36. The van der Waals surface area contributed by atoms with Crippen LogP contribution in [0.25, 0.3) is 0 Å². The topological polar surface area (TPSA) is 107 Å². The number of fused-ring (bicyclic) bond motifs is 1. The number of ether oxygens (including phenoxy) is 1. The predicted octanol–water partition coefficient (Wildman–Crippen LogP) is 4.08. The Bertz CT molecular complexity index is 1290. The van der Waals surface area contributed by atoms with E-state index in [1.165, 1.54) is 0 Å². The Kier molecular flexibility index (Phi) is 7.30. The Labute approximate surface area is 229 Å². The van der Waals surface area contributed by atoms with Crippen molar-refractivity contribution in [3.8, 4) is 6.07 Å². The number of pyridine rings is 1. The third kappa shape index (κ3) is 5.60. The van der Waals surface area contributed by atoms with Crippen molar-refractivity contribution >= 4 is 23.6 Å². The number of anilines is 1. The molecular formula is C30H35N5O4. The Morgan fingerprint density at radius 3 is 2.49 bits per heavy atom. The number of ketones is 1. The van der Waals surface area contributed by atoms with Gasteiger partial charge in [-0.05, 0) is 56.9 Å². The molecule has 2 fully saturated rings. The Hall–Kier alpha value is -3.93. The van der Waals surface area contributed by atoms with Gasteiger partial charge in [0.15, 0.2) is 0 Å². The molecule has 1 aliphatic carbocycles. The maximum absolute atomic E-state index is 13.7. The average Bonchev–Trinajstić information content (AvgIpc) is 3.48. The van der Waals surface area contributed by atoms with Crippen LogP contribution in [0.3, 0.4) is 0 Å². The first-order valence-electron chi connectivity index (χ1n) is 13.6. The Morgan fingerprint density at radius 2 is 1.82 bits per heavy atom. The summed E-state index contributed by atoms with van der Waals surface area (Å²) >= 11 is 0. The van der Waals surface area contributed by atoms with E-state index in [2.05, 4.69) is 16.0 Å². The number of carbonyl (C=O) groups is 3. The molecule has 3 atom stereocenters. The van der Waals surface area contributed by atoms with Crippen molar-refractivity contribution in [1.82, 2.24) is 14.8 Å². The number of nitrogens with zero attached hydrogens (tertiary/aromatic N) is 5. The Morgan fingerprint density at radius 1 is 1.08 bits per heavy atom. The lowest BCUT2D eigenvalue weighted by Gasteiger charge is -2.36. The molecule has 1 saturated heterocycles. The summed E-state index contributed by atoms with van der Waals surface area (Å²) in [6.07, 6.45) is 2.64. The number of rotatable bonds is 4. The van der Waals surface area contributed by atoms with E-state index >= 15 is 0 Å². The second-order valence-corrected chi connectivity index (χ2v) is 11.6. The van der Waals surface area contributed by atoms with Gasteiger partial charge in [0.05, 0.1) is 18.2 Å². The van der Waals surface area contributed by atoms with Crippen LogP contribution in [0.5, 0.6) is 0 Å². The third-order valence-electron chi connectivity index (χ3n) is 7.91. The molecule has 1 aromatic carbocycles. The fourth-order valence-corrected chi connectivity index (χ4v) is 6.00. The molecule has 3 aliphatic rings. The van der Waals surface area contributed by atoms with E-state index in [0.717, 1.165) is 16.9 Å². The molecule has 204 valence electrons. The number of carbonyl (C=O) groups excluding carboxylic acids is 3. The zero-order valence-electron chi connectivity index (χ0n) is 22.8. The molecule has 9 heteroatoms. The van der Waals surface area contributed by atoms with Gasteiger partial charge in [0.1, 0.15) is 23.3 Å². The van der Waals surface area contributed by atoms with Crippen LogP contribution >= 0.6 is 0 Å². The largest absolute Gasteiger partial charge is 0.444 e. The summed E-state index contributed by atoms with van der Waals surface area (Å²) < 4.78 is 5.69. The molecule has 1 saturated carbocycles. The predicted molar refractivity (Wildman–Crippen MR) is 145 cm³/mol. The molecule has 3 heterocycles. The fraction of sp³-hybridized carbons (Fsp3) is 0.500. The zero-order chi connectivity index (χ0) is 27.7. The van der Waals surface area contributed by atoms with Gasteiger partial charge < -0.3 is 14.5 Å². The summed E-state index contributed by atoms with van der Waals surface area (Å²) in [7, 11) is 0. The minimum absolute atomic E-state index is 0.00254. The second-order valence-electron chi connectivity index (χ2n) is 11.6. The van der Waals surface area contributed by atoms with Gasteiger partial charge in [0.25, 0.3) is 0 Å². The van der Waals surface area contributed by atoms with Crippen molar-refractivity contribution in [2.75, 3.05) is 31.1 Å². The van der Waals surface area contributed by atoms with E-state index in [9.17, 15) is 14.4 Å². The van der Waals surface area contributed by atoms with E-state index in [-0.39, 0.29) is 36.0 Å². The van der Waals surface area contributed by atoms with Crippen LogP contribution in [0.2, 0.25) is 0 Å². The van der Waals surface area contributed by atoms with Gasteiger partial charge in [0, 0.05) is 50.6 Å². The average molecular weight is 530 g/mol. The van der Waals surface area contributed by atoms with Gasteiger partial charge in [-0.15, -0.1) is 0 Å². The summed E-state index contributed by atoms with van der Waals surface area (Å²) in [5.41, 5.74) is 1.92. The van der Waals surface area contributed by atoms with Crippen molar-refractivity contribution in [1.29, 1.82) is 5.26 Å². The molecule has 2 aliphatic heterocycles. The zero-order valence-corrected chi connectivity index (χ0v) is 22.8. The quantitative estimate of drug-likeness (QED) is 0.587. The van der Waals surface area contributed by atoms with E-state index in [1.807, 2.05) is 56.0 Å². The van der Waals surface area contributed by atoms with Crippen molar-refractivity contribution in [3.63, 3.8) is 0 Å². The minimum atomic E-state index is -0.634. The van der Waals surface area contributed by atoms with E-state index < -0.39 is 11.7 Å². The molecule has 2 amide bonds. The van der Waals surface area contributed by atoms with Crippen LogP contribution < -0.4 is 4.90 Å². The van der Waals surface area contributed by atoms with Gasteiger partial charge >= 0.3 is 6.09 Å². The molecule has 5 rings (SSSR count). The van der Waals surface area contributed by atoms with Gasteiger partial charge in [0.2, 0.25) is 5.91 Å². The summed E-state index contributed by atoms with van der Waals surface area (Å²) in [5.74, 6) is 0.171. The highest BCUT2D eigenvalue weighted by Crippen LogP contribution is 2.46. The number of hydrogen-bond donors (Lipinski definition) is 0. The van der Waals surface area contributed by atoms with E-state index in [1.54, 1.807) is 17.2 Å². The van der Waals surface area contributed by atoms with Crippen LogP contribution in [0.1, 0.15) is 62.8 Å². The van der Waals surface area contributed by atoms with Crippen molar-refractivity contribution in [3.05, 3.63) is 59.3 Å². The fourth-order valence-electron chi connectivity index (χ4n) is 6.00. The van der Waals surface area contributed by atoms with E-state index in [0.29, 0.717) is 51.1 Å². The van der Waals surface area contributed by atoms with Gasteiger partial charge in [-0.3, -0.25) is 14.5 Å². The third-order valence-corrected chi connectivity index (χ3v) is 7.91. The number of benzene rings is 1.